The Bertz CT molecular complexity index is 676. The summed E-state index contributed by atoms with van der Waals surface area (Å²) in [5.41, 5.74) is 0.574. The van der Waals surface area contributed by atoms with Gasteiger partial charge in [-0.1, -0.05) is 23.2 Å². The summed E-state index contributed by atoms with van der Waals surface area (Å²) < 4.78 is 10.4. The highest BCUT2D eigenvalue weighted by molar-refractivity contribution is 6.36. The third-order valence-electron chi connectivity index (χ3n) is 3.90. The largest absolute Gasteiger partial charge is 0.480 e. The molecule has 1 amide bonds. The average molecular weight is 419 g/mol. The van der Waals surface area contributed by atoms with Gasteiger partial charge in [0.05, 0.1) is 13.2 Å². The number of carboxylic acid groups (broad SMARTS) is 1. The van der Waals surface area contributed by atoms with Crippen molar-refractivity contribution in [2.45, 2.75) is 38.8 Å². The minimum absolute atomic E-state index is 0.0599. The molecule has 1 unspecified atom stereocenters. The molecule has 1 aromatic carbocycles. The van der Waals surface area contributed by atoms with E-state index in [4.69, 9.17) is 32.7 Å². The number of morpholine rings is 1. The summed E-state index contributed by atoms with van der Waals surface area (Å²) in [6, 6.07) is 2.28. The van der Waals surface area contributed by atoms with Crippen LogP contribution in [0.2, 0.25) is 10.0 Å². The quantitative estimate of drug-likeness (QED) is 0.761. The molecule has 27 heavy (non-hydrogen) atoms. The molecule has 1 aliphatic rings. The number of carboxylic acids is 1. The summed E-state index contributed by atoms with van der Waals surface area (Å²) in [5, 5.41) is 12.5. The van der Waals surface area contributed by atoms with Crippen LogP contribution in [0.15, 0.2) is 12.1 Å². The number of alkyl carbamates (subject to hydrolysis) is 1. The molecule has 9 heteroatoms. The molecule has 0 aromatic heterocycles. The van der Waals surface area contributed by atoms with Gasteiger partial charge in [0.1, 0.15) is 11.6 Å². The highest BCUT2D eigenvalue weighted by atomic mass is 35.5. The van der Waals surface area contributed by atoms with Crippen molar-refractivity contribution in [3.8, 4) is 0 Å². The number of carbonyl (C=O) groups excluding carboxylic acids is 1. The van der Waals surface area contributed by atoms with Gasteiger partial charge in [-0.2, -0.15) is 0 Å². The number of carbonyl (C=O) groups is 2. The lowest BCUT2D eigenvalue weighted by Gasteiger charge is -2.29. The molecule has 0 radical (unpaired) electrons. The molecule has 1 heterocycles. The number of benzene rings is 1. The van der Waals surface area contributed by atoms with Gasteiger partial charge in [0, 0.05) is 35.2 Å². The Balaban J connectivity index is 2.15. The van der Waals surface area contributed by atoms with Gasteiger partial charge in [0.25, 0.3) is 0 Å². The van der Waals surface area contributed by atoms with Gasteiger partial charge in [-0.15, -0.1) is 0 Å². The second-order valence-electron chi connectivity index (χ2n) is 7.23. The zero-order valence-electron chi connectivity index (χ0n) is 15.6. The van der Waals surface area contributed by atoms with E-state index in [9.17, 15) is 14.7 Å². The zero-order chi connectivity index (χ0) is 20.2. The van der Waals surface area contributed by atoms with Gasteiger partial charge >= 0.3 is 12.1 Å². The van der Waals surface area contributed by atoms with Gasteiger partial charge in [-0.3, -0.25) is 0 Å². The molecular weight excluding hydrogens is 395 g/mol. The summed E-state index contributed by atoms with van der Waals surface area (Å²) in [5.74, 6) is -1.20. The van der Waals surface area contributed by atoms with Crippen LogP contribution in [0, 0.1) is 0 Å². The molecule has 0 saturated carbocycles. The standard InChI is InChI=1S/C18H24Cl2N2O5/c1-18(2,3)27-17(25)21-15(16(23)24)10-12-13(19)8-11(9-14(12)20)22-4-6-26-7-5-22/h8-9,15H,4-7,10H2,1-3H3,(H,21,25)(H,23,24). The van der Waals surface area contributed by atoms with Gasteiger partial charge < -0.3 is 24.8 Å². The van der Waals surface area contributed by atoms with Crippen LogP contribution in [0.4, 0.5) is 10.5 Å². The Morgan fingerprint density at radius 1 is 1.26 bits per heavy atom. The molecule has 1 aromatic rings. The second-order valence-corrected chi connectivity index (χ2v) is 8.04. The molecule has 1 saturated heterocycles. The van der Waals surface area contributed by atoms with Crippen LogP contribution in [0.1, 0.15) is 26.3 Å². The number of ether oxygens (including phenoxy) is 2. The van der Waals surface area contributed by atoms with E-state index >= 15 is 0 Å². The van der Waals surface area contributed by atoms with Crippen LogP contribution < -0.4 is 10.2 Å². The highest BCUT2D eigenvalue weighted by Crippen LogP contribution is 2.32. The summed E-state index contributed by atoms with van der Waals surface area (Å²) >= 11 is 12.7. The first-order valence-electron chi connectivity index (χ1n) is 8.60. The number of anilines is 1. The lowest BCUT2D eigenvalue weighted by atomic mass is 10.0. The van der Waals surface area contributed by atoms with Crippen LogP contribution in [0.25, 0.3) is 0 Å². The number of hydrogen-bond donors (Lipinski definition) is 2. The molecule has 0 spiro atoms. The molecule has 1 aliphatic heterocycles. The summed E-state index contributed by atoms with van der Waals surface area (Å²) in [6.45, 7) is 7.78. The maximum Gasteiger partial charge on any atom is 0.408 e. The maximum atomic E-state index is 11.9. The van der Waals surface area contributed by atoms with Crippen molar-refractivity contribution in [1.82, 2.24) is 5.32 Å². The van der Waals surface area contributed by atoms with Crippen LogP contribution >= 0.6 is 23.2 Å². The van der Waals surface area contributed by atoms with E-state index in [1.165, 1.54) is 0 Å². The first-order chi connectivity index (χ1) is 12.6. The molecule has 0 bridgehead atoms. The Morgan fingerprint density at radius 2 is 1.81 bits per heavy atom. The van der Waals surface area contributed by atoms with Crippen molar-refractivity contribution in [3.63, 3.8) is 0 Å². The normalized spacial score (nSPS) is 16.0. The SMILES string of the molecule is CC(C)(C)OC(=O)NC(Cc1c(Cl)cc(N2CCOCC2)cc1Cl)C(=O)O. The van der Waals surface area contributed by atoms with Crippen molar-refractivity contribution in [1.29, 1.82) is 0 Å². The fourth-order valence-corrected chi connectivity index (χ4v) is 3.27. The van der Waals surface area contributed by atoms with Crippen molar-refractivity contribution in [3.05, 3.63) is 27.7 Å². The number of nitrogens with zero attached hydrogens (tertiary/aromatic N) is 1. The fourth-order valence-electron chi connectivity index (χ4n) is 2.64. The van der Waals surface area contributed by atoms with E-state index in [2.05, 4.69) is 10.2 Å². The van der Waals surface area contributed by atoms with Crippen molar-refractivity contribution in [2.75, 3.05) is 31.2 Å². The third-order valence-corrected chi connectivity index (χ3v) is 4.57. The van der Waals surface area contributed by atoms with Crippen LogP contribution in [0.5, 0.6) is 0 Å². The van der Waals surface area contributed by atoms with Crippen molar-refractivity contribution < 1.29 is 24.2 Å². The molecule has 1 atom stereocenters. The Hall–Kier alpha value is -1.70. The van der Waals surface area contributed by atoms with E-state index in [0.29, 0.717) is 28.8 Å². The highest BCUT2D eigenvalue weighted by Gasteiger charge is 2.26. The lowest BCUT2D eigenvalue weighted by Crippen LogP contribution is -2.44. The zero-order valence-corrected chi connectivity index (χ0v) is 17.1. The Labute approximate surface area is 168 Å². The van der Waals surface area contributed by atoms with Crippen LogP contribution in [0.3, 0.4) is 0 Å². The summed E-state index contributed by atoms with van der Waals surface area (Å²) in [6.07, 6.45) is -0.873. The van der Waals surface area contributed by atoms with Gasteiger partial charge in [0.2, 0.25) is 0 Å². The Morgan fingerprint density at radius 3 is 2.30 bits per heavy atom. The van der Waals surface area contributed by atoms with E-state index in [1.54, 1.807) is 32.9 Å². The monoisotopic (exact) mass is 418 g/mol. The van der Waals surface area contributed by atoms with Crippen LogP contribution in [-0.4, -0.2) is 55.1 Å². The number of rotatable bonds is 5. The number of amides is 1. The summed E-state index contributed by atoms with van der Waals surface area (Å²) in [7, 11) is 0. The summed E-state index contributed by atoms with van der Waals surface area (Å²) in [4.78, 5) is 25.6. The predicted octanol–water partition coefficient (Wildman–Crippen LogP) is 3.35. The topological polar surface area (TPSA) is 88.1 Å². The van der Waals surface area contributed by atoms with Crippen LogP contribution in [-0.2, 0) is 20.7 Å². The number of aliphatic carboxylic acids is 1. The molecule has 0 aliphatic carbocycles. The van der Waals surface area contributed by atoms with Gasteiger partial charge in [-0.05, 0) is 38.5 Å². The molecular formula is C18H24Cl2N2O5. The molecule has 2 N–H and O–H groups in total. The minimum atomic E-state index is -1.22. The minimum Gasteiger partial charge on any atom is -0.480 e. The maximum absolute atomic E-state index is 11.9. The van der Waals surface area contributed by atoms with E-state index in [1.807, 2.05) is 0 Å². The van der Waals surface area contributed by atoms with Crippen molar-refractivity contribution in [2.24, 2.45) is 0 Å². The van der Waals surface area contributed by atoms with Gasteiger partial charge in [-0.25, -0.2) is 9.59 Å². The lowest BCUT2D eigenvalue weighted by molar-refractivity contribution is -0.139. The first kappa shape index (κ1) is 21.6. The van der Waals surface area contributed by atoms with Crippen molar-refractivity contribution >= 4 is 41.0 Å². The third kappa shape index (κ3) is 6.45. The fraction of sp³-hybridized carbons (Fsp3) is 0.556. The Kier molecular flexibility index (Phi) is 7.19. The van der Waals surface area contributed by atoms with E-state index < -0.39 is 23.7 Å². The van der Waals surface area contributed by atoms with Gasteiger partial charge in [0.15, 0.2) is 0 Å². The first-order valence-corrected chi connectivity index (χ1v) is 9.35. The number of hydrogen-bond acceptors (Lipinski definition) is 5. The van der Waals surface area contributed by atoms with E-state index in [-0.39, 0.29) is 6.42 Å². The number of nitrogens with one attached hydrogen (secondary N) is 1. The predicted molar refractivity (Wildman–Crippen MR) is 104 cm³/mol. The number of halogens is 2. The molecule has 2 rings (SSSR count). The molecule has 7 nitrogen and oxygen atoms in total. The van der Waals surface area contributed by atoms with E-state index in [0.717, 1.165) is 18.8 Å². The molecule has 1 fully saturated rings. The smallest absolute Gasteiger partial charge is 0.408 e. The molecule has 150 valence electrons. The second kappa shape index (κ2) is 8.99. The average Bonchev–Trinajstić information content (AvgIpc) is 2.55.